The normalized spacial score (nSPS) is 14.1. The van der Waals surface area contributed by atoms with E-state index >= 15 is 0 Å². The molecule has 2 amide bonds. The molecule has 1 aliphatic heterocycles. The van der Waals surface area contributed by atoms with E-state index in [4.69, 9.17) is 18.9 Å². The predicted molar refractivity (Wildman–Crippen MR) is 139 cm³/mol. The monoisotopic (exact) mass is 523 g/mol. The first-order chi connectivity index (χ1) is 18.0. The number of benzene rings is 2. The van der Waals surface area contributed by atoms with E-state index in [1.54, 1.807) is 30.2 Å². The predicted octanol–water partition coefficient (Wildman–Crippen LogP) is 4.54. The lowest BCUT2D eigenvalue weighted by atomic mass is 10.1. The van der Waals surface area contributed by atoms with Crippen molar-refractivity contribution in [2.24, 2.45) is 5.92 Å². The number of ether oxygens (including phenoxy) is 4. The zero-order valence-electron chi connectivity index (χ0n) is 20.8. The summed E-state index contributed by atoms with van der Waals surface area (Å²) in [6.45, 7) is 3.87. The molecule has 10 heteroatoms. The number of nitrogens with one attached hydrogen (secondary N) is 1. The van der Waals surface area contributed by atoms with Crippen LogP contribution in [0.1, 0.15) is 28.2 Å². The highest BCUT2D eigenvalue weighted by Crippen LogP contribution is 2.38. The number of amides is 2. The Morgan fingerprint density at radius 2 is 1.97 bits per heavy atom. The average Bonchev–Trinajstić information content (AvgIpc) is 3.67. The van der Waals surface area contributed by atoms with E-state index in [1.165, 1.54) is 11.3 Å². The third kappa shape index (κ3) is 5.96. The molecule has 1 N–H and O–H groups in total. The quantitative estimate of drug-likeness (QED) is 0.440. The minimum absolute atomic E-state index is 0.268. The Kier molecular flexibility index (Phi) is 7.45. The van der Waals surface area contributed by atoms with Gasteiger partial charge in [-0.15, -0.1) is 11.3 Å². The third-order valence-corrected chi connectivity index (χ3v) is 7.13. The number of aryl methyl sites for hydroxylation is 1. The maximum Gasteiger partial charge on any atom is 0.416 e. The highest BCUT2D eigenvalue weighted by Gasteiger charge is 2.29. The van der Waals surface area contributed by atoms with Crippen molar-refractivity contribution in [2.75, 3.05) is 40.0 Å². The van der Waals surface area contributed by atoms with E-state index in [9.17, 15) is 9.59 Å². The molecule has 5 rings (SSSR count). The fraction of sp³-hybridized carbons (Fsp3) is 0.370. The van der Waals surface area contributed by atoms with Crippen LogP contribution in [0, 0.1) is 12.8 Å². The van der Waals surface area contributed by atoms with Gasteiger partial charge in [0.1, 0.15) is 19.0 Å². The number of para-hydroxylation sites is 1. The van der Waals surface area contributed by atoms with Gasteiger partial charge in [0.05, 0.1) is 22.6 Å². The summed E-state index contributed by atoms with van der Waals surface area (Å²) in [5.74, 6) is 2.16. The zero-order valence-corrected chi connectivity index (χ0v) is 21.6. The molecule has 9 nitrogen and oxygen atoms in total. The molecule has 0 unspecified atom stereocenters. The summed E-state index contributed by atoms with van der Waals surface area (Å²) in [4.78, 5) is 32.9. The molecule has 0 radical (unpaired) electrons. The molecule has 1 aromatic heterocycles. The summed E-state index contributed by atoms with van der Waals surface area (Å²) in [6, 6.07) is 12.8. The Hall–Kier alpha value is -3.79. The number of carbonyl (C=O) groups excluding carboxylic acids is 2. The fourth-order valence-corrected chi connectivity index (χ4v) is 4.94. The van der Waals surface area contributed by atoms with Crippen LogP contribution in [0.4, 0.5) is 4.79 Å². The molecular weight excluding hydrogens is 494 g/mol. The zero-order chi connectivity index (χ0) is 25.8. The van der Waals surface area contributed by atoms with Crippen molar-refractivity contribution >= 4 is 23.3 Å². The number of carbonyl (C=O) groups is 2. The van der Waals surface area contributed by atoms with E-state index in [1.807, 2.05) is 31.2 Å². The molecule has 1 aliphatic carbocycles. The first-order valence-corrected chi connectivity index (χ1v) is 13.1. The number of hydrogen-bond donors (Lipinski definition) is 1. The lowest BCUT2D eigenvalue weighted by molar-refractivity contribution is 0.0933. The van der Waals surface area contributed by atoms with E-state index in [-0.39, 0.29) is 18.3 Å². The van der Waals surface area contributed by atoms with E-state index in [0.717, 1.165) is 28.3 Å². The van der Waals surface area contributed by atoms with E-state index in [2.05, 4.69) is 10.3 Å². The Bertz CT molecular complexity index is 1290. The van der Waals surface area contributed by atoms with Crippen molar-refractivity contribution in [3.8, 4) is 33.6 Å². The minimum Gasteiger partial charge on any atom is -0.497 e. The second-order valence-electron chi connectivity index (χ2n) is 8.94. The Morgan fingerprint density at radius 1 is 1.16 bits per heavy atom. The fourth-order valence-electron chi connectivity index (χ4n) is 4.09. The summed E-state index contributed by atoms with van der Waals surface area (Å²) in [7, 11) is 1.61. The summed E-state index contributed by atoms with van der Waals surface area (Å²) >= 11 is 1.46. The summed E-state index contributed by atoms with van der Waals surface area (Å²) in [5, 5.41) is 3.69. The van der Waals surface area contributed by atoms with Crippen LogP contribution < -0.4 is 24.3 Å². The standard InChI is InChI=1S/C27H29N3O6S/c1-17-29-26(24(37-17)19-5-3-6-20(15-19)33-2)36-27(32)30(16-18-9-10-18)12-11-28-25(31)21-7-4-8-22-23(21)35-14-13-34-22/h3-8,15,18H,9-14,16H2,1-2H3,(H,28,31). The largest absolute Gasteiger partial charge is 0.497 e. The molecule has 0 saturated heterocycles. The molecule has 2 aromatic carbocycles. The van der Waals surface area contributed by atoms with Gasteiger partial charge in [0.25, 0.3) is 5.91 Å². The van der Waals surface area contributed by atoms with Gasteiger partial charge in [-0.2, -0.15) is 0 Å². The maximum atomic E-state index is 13.2. The molecule has 2 aliphatic rings. The topological polar surface area (TPSA) is 99.2 Å². The number of thiazole rings is 1. The van der Waals surface area contributed by atoms with Gasteiger partial charge in [0.15, 0.2) is 11.5 Å². The third-order valence-electron chi connectivity index (χ3n) is 6.13. The smallest absolute Gasteiger partial charge is 0.416 e. The highest BCUT2D eigenvalue weighted by atomic mass is 32.1. The van der Waals surface area contributed by atoms with Crippen molar-refractivity contribution in [3.63, 3.8) is 0 Å². The average molecular weight is 524 g/mol. The van der Waals surface area contributed by atoms with Gasteiger partial charge in [-0.1, -0.05) is 18.2 Å². The van der Waals surface area contributed by atoms with Gasteiger partial charge < -0.3 is 29.2 Å². The molecule has 194 valence electrons. The molecular formula is C27H29N3O6S. The van der Waals surface area contributed by atoms with Crippen molar-refractivity contribution in [1.29, 1.82) is 0 Å². The van der Waals surface area contributed by atoms with Gasteiger partial charge in [-0.05, 0) is 49.9 Å². The molecule has 0 spiro atoms. The van der Waals surface area contributed by atoms with Gasteiger partial charge in [0, 0.05) is 25.2 Å². The van der Waals surface area contributed by atoms with Crippen LogP contribution >= 0.6 is 11.3 Å². The van der Waals surface area contributed by atoms with Gasteiger partial charge in [-0.25, -0.2) is 9.78 Å². The lowest BCUT2D eigenvalue weighted by Crippen LogP contribution is -2.41. The van der Waals surface area contributed by atoms with Crippen molar-refractivity contribution < 1.29 is 28.5 Å². The molecule has 0 atom stereocenters. The number of rotatable bonds is 9. The van der Waals surface area contributed by atoms with Crippen LogP contribution in [0.2, 0.25) is 0 Å². The highest BCUT2D eigenvalue weighted by molar-refractivity contribution is 7.15. The second-order valence-corrected chi connectivity index (χ2v) is 10.1. The van der Waals surface area contributed by atoms with Crippen LogP contribution in [0.15, 0.2) is 42.5 Å². The van der Waals surface area contributed by atoms with E-state index in [0.29, 0.717) is 55.0 Å². The molecule has 0 bridgehead atoms. The SMILES string of the molecule is COc1cccc(-c2sc(C)nc2OC(=O)N(CCNC(=O)c2cccc3c2OCCO3)CC2CC2)c1. The van der Waals surface area contributed by atoms with Crippen LogP contribution in [0.25, 0.3) is 10.4 Å². The first-order valence-electron chi connectivity index (χ1n) is 12.3. The maximum absolute atomic E-state index is 13.2. The number of hydrogen-bond acceptors (Lipinski definition) is 8. The van der Waals surface area contributed by atoms with Gasteiger partial charge >= 0.3 is 6.09 Å². The second kappa shape index (κ2) is 11.1. The number of aromatic nitrogens is 1. The van der Waals surface area contributed by atoms with Crippen LogP contribution in [-0.4, -0.2) is 61.8 Å². The van der Waals surface area contributed by atoms with Crippen molar-refractivity contribution in [1.82, 2.24) is 15.2 Å². The Balaban J connectivity index is 1.25. The van der Waals surface area contributed by atoms with Gasteiger partial charge in [0.2, 0.25) is 5.88 Å². The molecule has 3 aromatic rings. The summed E-state index contributed by atoms with van der Waals surface area (Å²) < 4.78 is 22.4. The Labute approximate surface area is 219 Å². The molecule has 1 saturated carbocycles. The molecule has 37 heavy (non-hydrogen) atoms. The van der Waals surface area contributed by atoms with E-state index < -0.39 is 6.09 Å². The molecule has 2 heterocycles. The minimum atomic E-state index is -0.482. The van der Waals surface area contributed by atoms with Crippen molar-refractivity contribution in [2.45, 2.75) is 19.8 Å². The summed E-state index contributed by atoms with van der Waals surface area (Å²) in [6.07, 6.45) is 1.67. The van der Waals surface area contributed by atoms with Gasteiger partial charge in [-0.3, -0.25) is 4.79 Å². The number of fused-ring (bicyclic) bond motifs is 1. The number of nitrogens with zero attached hydrogens (tertiary/aromatic N) is 2. The first kappa shape index (κ1) is 24.9. The number of methoxy groups -OCH3 is 1. The Morgan fingerprint density at radius 3 is 2.78 bits per heavy atom. The lowest BCUT2D eigenvalue weighted by Gasteiger charge is -2.23. The van der Waals surface area contributed by atoms with Crippen LogP contribution in [-0.2, 0) is 0 Å². The van der Waals surface area contributed by atoms with Crippen LogP contribution in [0.5, 0.6) is 23.1 Å². The van der Waals surface area contributed by atoms with Crippen LogP contribution in [0.3, 0.4) is 0 Å². The van der Waals surface area contributed by atoms with Crippen molar-refractivity contribution in [3.05, 3.63) is 53.0 Å². The molecule has 1 fully saturated rings. The summed E-state index contributed by atoms with van der Waals surface area (Å²) in [5.41, 5.74) is 1.28.